The summed E-state index contributed by atoms with van der Waals surface area (Å²) >= 11 is 1.45. The first-order valence-corrected chi connectivity index (χ1v) is 13.7. The molecule has 0 atom stereocenters. The highest BCUT2D eigenvalue weighted by Crippen LogP contribution is 2.38. The van der Waals surface area contributed by atoms with Crippen molar-refractivity contribution in [1.82, 2.24) is 10.2 Å². The van der Waals surface area contributed by atoms with Crippen molar-refractivity contribution in [3.8, 4) is 5.75 Å². The van der Waals surface area contributed by atoms with E-state index in [4.69, 9.17) is 4.74 Å². The molecule has 2 heterocycles. The largest absolute Gasteiger partial charge is 0.497 e. The van der Waals surface area contributed by atoms with Gasteiger partial charge in [-0.2, -0.15) is 0 Å². The molecule has 0 spiro atoms. The number of methoxy groups -OCH3 is 1. The lowest BCUT2D eigenvalue weighted by Crippen LogP contribution is -2.47. The quantitative estimate of drug-likeness (QED) is 0.326. The molecule has 38 heavy (non-hydrogen) atoms. The molecule has 8 heteroatoms. The summed E-state index contributed by atoms with van der Waals surface area (Å²) in [5.41, 5.74) is 3.56. The SMILES string of the molecule is COc1ccc(N2CCN(CCCNC(=O)c3ccc(C=C4Sc5ccccc5NC4=O)cc3)CC2)cc1. The monoisotopic (exact) mass is 528 g/mol. The van der Waals surface area contributed by atoms with Gasteiger partial charge >= 0.3 is 0 Å². The van der Waals surface area contributed by atoms with Crippen LogP contribution in [0.25, 0.3) is 6.08 Å². The topological polar surface area (TPSA) is 73.9 Å². The predicted octanol–water partition coefficient (Wildman–Crippen LogP) is 4.72. The van der Waals surface area contributed by atoms with Crippen molar-refractivity contribution in [2.75, 3.05) is 56.6 Å². The second-order valence-corrected chi connectivity index (χ2v) is 10.4. The number of hydrogen-bond donors (Lipinski definition) is 2. The van der Waals surface area contributed by atoms with Crippen LogP contribution in [-0.2, 0) is 4.79 Å². The summed E-state index contributed by atoms with van der Waals surface area (Å²) in [6.45, 7) is 5.62. The van der Waals surface area contributed by atoms with Gasteiger partial charge in [0.25, 0.3) is 11.8 Å². The van der Waals surface area contributed by atoms with E-state index in [2.05, 4.69) is 32.6 Å². The summed E-state index contributed by atoms with van der Waals surface area (Å²) in [4.78, 5) is 31.5. The normalized spacial score (nSPS) is 16.6. The Morgan fingerprint density at radius 1 is 1.00 bits per heavy atom. The number of nitrogens with zero attached hydrogens (tertiary/aromatic N) is 2. The lowest BCUT2D eigenvalue weighted by atomic mass is 10.1. The fourth-order valence-electron chi connectivity index (χ4n) is 4.61. The number of amides is 2. The van der Waals surface area contributed by atoms with E-state index in [1.54, 1.807) is 19.2 Å². The second kappa shape index (κ2) is 12.2. The van der Waals surface area contributed by atoms with Crippen LogP contribution >= 0.6 is 11.8 Å². The van der Waals surface area contributed by atoms with Crippen molar-refractivity contribution in [1.29, 1.82) is 0 Å². The Balaban J connectivity index is 1.04. The summed E-state index contributed by atoms with van der Waals surface area (Å²) in [6.07, 6.45) is 2.76. The number of anilines is 2. The molecule has 0 unspecified atom stereocenters. The third-order valence-corrected chi connectivity index (χ3v) is 7.90. The standard InChI is InChI=1S/C30H32N4O3S/c1-37-25-13-11-24(12-14-25)34-19-17-33(18-20-34)16-4-15-31-29(35)23-9-7-22(8-10-23)21-28-30(36)32-26-5-2-3-6-27(26)38-28/h2-3,5-14,21H,4,15-20H2,1H3,(H,31,35)(H,32,36). The van der Waals surface area contributed by atoms with Crippen molar-refractivity contribution < 1.29 is 14.3 Å². The Morgan fingerprint density at radius 2 is 1.74 bits per heavy atom. The minimum atomic E-state index is -0.113. The first-order chi connectivity index (χ1) is 18.6. The lowest BCUT2D eigenvalue weighted by Gasteiger charge is -2.36. The molecule has 2 amide bonds. The van der Waals surface area contributed by atoms with Crippen LogP contribution in [0.15, 0.2) is 82.6 Å². The van der Waals surface area contributed by atoms with E-state index in [9.17, 15) is 9.59 Å². The van der Waals surface area contributed by atoms with Gasteiger partial charge in [0.2, 0.25) is 0 Å². The molecular formula is C30H32N4O3S. The average molecular weight is 529 g/mol. The van der Waals surface area contributed by atoms with Crippen molar-refractivity contribution in [2.24, 2.45) is 0 Å². The van der Waals surface area contributed by atoms with Gasteiger partial charge < -0.3 is 20.3 Å². The minimum Gasteiger partial charge on any atom is -0.497 e. The van der Waals surface area contributed by atoms with E-state index in [0.717, 1.165) is 61.0 Å². The molecule has 0 aromatic heterocycles. The van der Waals surface area contributed by atoms with Crippen molar-refractivity contribution in [3.63, 3.8) is 0 Å². The molecule has 1 fully saturated rings. The van der Waals surface area contributed by atoms with Crippen molar-refractivity contribution in [2.45, 2.75) is 11.3 Å². The number of fused-ring (bicyclic) bond motifs is 1. The fraction of sp³-hybridized carbons (Fsp3) is 0.267. The Morgan fingerprint density at radius 3 is 2.47 bits per heavy atom. The average Bonchev–Trinajstić information content (AvgIpc) is 2.96. The van der Waals surface area contributed by atoms with Gasteiger partial charge in [-0.25, -0.2) is 0 Å². The highest BCUT2D eigenvalue weighted by atomic mass is 32.2. The number of rotatable bonds is 8. The molecule has 0 radical (unpaired) electrons. The molecule has 2 aliphatic heterocycles. The van der Waals surface area contributed by atoms with Gasteiger partial charge in [-0.3, -0.25) is 14.5 Å². The number of ether oxygens (including phenoxy) is 1. The van der Waals surface area contributed by atoms with Crippen LogP contribution in [0.5, 0.6) is 5.75 Å². The number of carbonyl (C=O) groups is 2. The third-order valence-electron chi connectivity index (χ3n) is 6.80. The molecule has 0 saturated carbocycles. The molecule has 1 saturated heterocycles. The van der Waals surface area contributed by atoms with E-state index in [-0.39, 0.29) is 11.8 Å². The minimum absolute atomic E-state index is 0.0766. The Kier molecular flexibility index (Phi) is 8.31. The van der Waals surface area contributed by atoms with Gasteiger partial charge in [0.1, 0.15) is 5.75 Å². The van der Waals surface area contributed by atoms with Gasteiger partial charge in [-0.15, -0.1) is 0 Å². The first kappa shape index (κ1) is 25.9. The zero-order chi connectivity index (χ0) is 26.3. The van der Waals surface area contributed by atoms with E-state index < -0.39 is 0 Å². The van der Waals surface area contributed by atoms with Gasteiger partial charge in [0, 0.05) is 48.9 Å². The zero-order valence-electron chi connectivity index (χ0n) is 21.5. The number of carbonyl (C=O) groups excluding carboxylic acids is 2. The van der Waals surface area contributed by atoms with Crippen LogP contribution in [0.1, 0.15) is 22.3 Å². The first-order valence-electron chi connectivity index (χ1n) is 12.9. The van der Waals surface area contributed by atoms with Crippen LogP contribution in [0.3, 0.4) is 0 Å². The molecule has 2 N–H and O–H groups in total. The number of hydrogen-bond acceptors (Lipinski definition) is 6. The second-order valence-electron chi connectivity index (χ2n) is 9.32. The zero-order valence-corrected chi connectivity index (χ0v) is 22.3. The highest BCUT2D eigenvalue weighted by molar-refractivity contribution is 8.04. The van der Waals surface area contributed by atoms with Crippen LogP contribution in [0.4, 0.5) is 11.4 Å². The van der Waals surface area contributed by atoms with Crippen LogP contribution in [0, 0.1) is 0 Å². The lowest BCUT2D eigenvalue weighted by molar-refractivity contribution is -0.112. The van der Waals surface area contributed by atoms with Gasteiger partial charge in [0.15, 0.2) is 0 Å². The fourth-order valence-corrected chi connectivity index (χ4v) is 5.57. The molecule has 0 bridgehead atoms. The molecule has 2 aliphatic rings. The smallest absolute Gasteiger partial charge is 0.262 e. The summed E-state index contributed by atoms with van der Waals surface area (Å²) in [7, 11) is 1.68. The summed E-state index contributed by atoms with van der Waals surface area (Å²) in [5, 5.41) is 5.95. The summed E-state index contributed by atoms with van der Waals surface area (Å²) in [5.74, 6) is 0.687. The van der Waals surface area contributed by atoms with Crippen LogP contribution in [-0.4, -0.2) is 63.1 Å². The Bertz CT molecular complexity index is 1300. The maximum atomic E-state index is 12.6. The summed E-state index contributed by atoms with van der Waals surface area (Å²) < 4.78 is 5.25. The predicted molar refractivity (Wildman–Crippen MR) is 154 cm³/mol. The van der Waals surface area contributed by atoms with E-state index in [0.29, 0.717) is 17.0 Å². The van der Waals surface area contributed by atoms with E-state index >= 15 is 0 Å². The molecule has 7 nitrogen and oxygen atoms in total. The number of thioether (sulfide) groups is 1. The molecule has 196 valence electrons. The Labute approximate surface area is 227 Å². The maximum absolute atomic E-state index is 12.6. The van der Waals surface area contributed by atoms with Gasteiger partial charge in [-0.1, -0.05) is 36.0 Å². The molecule has 0 aliphatic carbocycles. The van der Waals surface area contributed by atoms with Crippen LogP contribution in [0.2, 0.25) is 0 Å². The number of piperazine rings is 1. The molecule has 3 aromatic carbocycles. The van der Waals surface area contributed by atoms with E-state index in [1.165, 1.54) is 17.4 Å². The van der Waals surface area contributed by atoms with E-state index in [1.807, 2.05) is 54.6 Å². The molecule has 5 rings (SSSR count). The van der Waals surface area contributed by atoms with Gasteiger partial charge in [0.05, 0.1) is 17.7 Å². The number of para-hydroxylation sites is 1. The molecule has 3 aromatic rings. The third kappa shape index (κ3) is 6.38. The Hall–Kier alpha value is -3.75. The number of nitrogens with one attached hydrogen (secondary N) is 2. The summed E-state index contributed by atoms with van der Waals surface area (Å²) in [6, 6.07) is 23.3. The number of benzene rings is 3. The van der Waals surface area contributed by atoms with Gasteiger partial charge in [-0.05, 0) is 73.1 Å². The van der Waals surface area contributed by atoms with Crippen molar-refractivity contribution in [3.05, 3.63) is 88.8 Å². The maximum Gasteiger partial charge on any atom is 0.262 e. The highest BCUT2D eigenvalue weighted by Gasteiger charge is 2.20. The van der Waals surface area contributed by atoms with Crippen molar-refractivity contribution >= 4 is 41.0 Å². The molecular weight excluding hydrogens is 496 g/mol. The van der Waals surface area contributed by atoms with Crippen LogP contribution < -0.4 is 20.3 Å².